The predicted octanol–water partition coefficient (Wildman–Crippen LogP) is 3.84. The van der Waals surface area contributed by atoms with Gasteiger partial charge in [-0.3, -0.25) is 4.90 Å². The molecule has 2 aromatic carbocycles. The van der Waals surface area contributed by atoms with Gasteiger partial charge in [-0.05, 0) is 36.6 Å². The molecule has 8 heteroatoms. The Morgan fingerprint density at radius 1 is 0.941 bits per heavy atom. The first kappa shape index (κ1) is 24.2. The van der Waals surface area contributed by atoms with Gasteiger partial charge >= 0.3 is 0 Å². The highest BCUT2D eigenvalue weighted by Crippen LogP contribution is 2.49. The second-order valence-corrected chi connectivity index (χ2v) is 8.18. The third-order valence-corrected chi connectivity index (χ3v) is 6.18. The summed E-state index contributed by atoms with van der Waals surface area (Å²) in [6.45, 7) is 4.38. The van der Waals surface area contributed by atoms with E-state index in [2.05, 4.69) is 4.90 Å². The average Bonchev–Trinajstić information content (AvgIpc) is 3.37. The molecule has 4 rings (SSSR count). The molecule has 0 spiro atoms. The van der Waals surface area contributed by atoms with Crippen molar-refractivity contribution in [2.24, 2.45) is 0 Å². The maximum Gasteiger partial charge on any atom is 0.205 e. The Balaban J connectivity index is 1.60. The van der Waals surface area contributed by atoms with Gasteiger partial charge < -0.3 is 33.2 Å². The number of benzene rings is 2. The average molecular weight is 472 g/mol. The number of morpholine rings is 1. The van der Waals surface area contributed by atoms with Crippen molar-refractivity contribution in [3.05, 3.63) is 47.7 Å². The molecule has 184 valence electrons. The number of hydrogen-bond donors (Lipinski definition) is 1. The normalized spacial score (nSPS) is 15.3. The maximum absolute atomic E-state index is 11.3. The lowest BCUT2D eigenvalue weighted by atomic mass is 9.97. The molecule has 8 nitrogen and oxygen atoms in total. The van der Waals surface area contributed by atoms with E-state index in [1.54, 1.807) is 27.6 Å². The van der Waals surface area contributed by atoms with Crippen molar-refractivity contribution in [3.63, 3.8) is 0 Å². The van der Waals surface area contributed by atoms with Crippen molar-refractivity contribution in [1.82, 2.24) is 4.90 Å². The topological polar surface area (TPSA) is 82.8 Å². The molecule has 34 heavy (non-hydrogen) atoms. The lowest BCUT2D eigenvalue weighted by molar-refractivity contribution is 0.0318. The SMILES string of the molecule is COc1ccc(CCC(O)c2c(OCCN3CCOCC3)c(OC)c3occc3c2OC)cc1. The summed E-state index contributed by atoms with van der Waals surface area (Å²) < 4.78 is 34.1. The van der Waals surface area contributed by atoms with Crippen molar-refractivity contribution in [2.75, 3.05) is 60.8 Å². The molecular formula is C26H33NO7. The summed E-state index contributed by atoms with van der Waals surface area (Å²) in [6.07, 6.45) is 1.91. The van der Waals surface area contributed by atoms with Gasteiger partial charge in [-0.25, -0.2) is 0 Å². The van der Waals surface area contributed by atoms with E-state index >= 15 is 0 Å². The van der Waals surface area contributed by atoms with Crippen molar-refractivity contribution in [3.8, 4) is 23.0 Å². The Hall–Kier alpha value is -2.94. The lowest BCUT2D eigenvalue weighted by Crippen LogP contribution is -2.38. The number of aliphatic hydroxyl groups excluding tert-OH is 1. The summed E-state index contributed by atoms with van der Waals surface area (Å²) in [6, 6.07) is 9.66. The van der Waals surface area contributed by atoms with E-state index in [0.29, 0.717) is 47.8 Å². The van der Waals surface area contributed by atoms with Gasteiger partial charge in [-0.1, -0.05) is 12.1 Å². The first-order valence-corrected chi connectivity index (χ1v) is 11.5. The Bertz CT molecular complexity index is 1060. The Morgan fingerprint density at radius 2 is 1.68 bits per heavy atom. The number of nitrogens with zero attached hydrogens (tertiary/aromatic N) is 1. The van der Waals surface area contributed by atoms with Crippen molar-refractivity contribution < 1.29 is 33.2 Å². The molecule has 1 aliphatic heterocycles. The summed E-state index contributed by atoms with van der Waals surface area (Å²) in [4.78, 5) is 2.29. The molecule has 3 aromatic rings. The van der Waals surface area contributed by atoms with Crippen LogP contribution >= 0.6 is 0 Å². The zero-order valence-electron chi connectivity index (χ0n) is 20.0. The molecule has 0 bridgehead atoms. The summed E-state index contributed by atoms with van der Waals surface area (Å²) >= 11 is 0. The highest BCUT2D eigenvalue weighted by atomic mass is 16.5. The van der Waals surface area contributed by atoms with Crippen LogP contribution in [0.25, 0.3) is 11.0 Å². The summed E-state index contributed by atoms with van der Waals surface area (Å²) in [5.74, 6) is 2.25. The predicted molar refractivity (Wildman–Crippen MR) is 128 cm³/mol. The Labute approximate surface area is 199 Å². The van der Waals surface area contributed by atoms with Crippen molar-refractivity contribution >= 4 is 11.0 Å². The Kier molecular flexibility index (Phi) is 8.16. The number of aliphatic hydroxyl groups is 1. The van der Waals surface area contributed by atoms with Crippen LogP contribution in [0, 0.1) is 0 Å². The second kappa shape index (κ2) is 11.5. The van der Waals surface area contributed by atoms with Crippen LogP contribution in [0.2, 0.25) is 0 Å². The summed E-state index contributed by atoms with van der Waals surface area (Å²) in [7, 11) is 4.81. The van der Waals surface area contributed by atoms with Crippen LogP contribution in [0.4, 0.5) is 0 Å². The third-order valence-electron chi connectivity index (χ3n) is 6.18. The zero-order valence-corrected chi connectivity index (χ0v) is 20.0. The minimum absolute atomic E-state index is 0.434. The maximum atomic E-state index is 11.3. The van der Waals surface area contributed by atoms with Crippen LogP contribution in [0.3, 0.4) is 0 Å². The van der Waals surface area contributed by atoms with Gasteiger partial charge in [0, 0.05) is 19.6 Å². The molecule has 0 saturated carbocycles. The minimum atomic E-state index is -0.830. The molecule has 1 atom stereocenters. The first-order valence-electron chi connectivity index (χ1n) is 11.5. The van der Waals surface area contributed by atoms with Crippen LogP contribution in [-0.4, -0.2) is 70.8 Å². The molecule has 1 unspecified atom stereocenters. The quantitative estimate of drug-likeness (QED) is 0.452. The van der Waals surface area contributed by atoms with Crippen LogP contribution in [-0.2, 0) is 11.2 Å². The third kappa shape index (κ3) is 5.24. The first-order chi connectivity index (χ1) is 16.7. The van der Waals surface area contributed by atoms with Crippen molar-refractivity contribution in [2.45, 2.75) is 18.9 Å². The zero-order chi connectivity index (χ0) is 23.9. The highest BCUT2D eigenvalue weighted by Gasteiger charge is 2.29. The van der Waals surface area contributed by atoms with E-state index in [1.807, 2.05) is 30.3 Å². The monoisotopic (exact) mass is 471 g/mol. The molecule has 0 aliphatic carbocycles. The molecule has 0 radical (unpaired) electrons. The summed E-state index contributed by atoms with van der Waals surface area (Å²) in [5.41, 5.74) is 2.21. The summed E-state index contributed by atoms with van der Waals surface area (Å²) in [5, 5.41) is 12.1. The molecule has 0 amide bonds. The molecule has 1 fully saturated rings. The highest BCUT2D eigenvalue weighted by molar-refractivity contribution is 5.93. The standard InChI is InChI=1S/C26H33NO7/c1-29-19-7-4-18(5-8-19)6-9-21(28)22-23(30-2)20-10-14-33-24(20)26(31-3)25(22)34-17-13-27-11-15-32-16-12-27/h4-5,7-8,10,14,21,28H,6,9,11-13,15-17H2,1-3H3. The van der Waals surface area contributed by atoms with E-state index in [9.17, 15) is 5.11 Å². The fraction of sp³-hybridized carbons (Fsp3) is 0.462. The fourth-order valence-electron chi connectivity index (χ4n) is 4.33. The van der Waals surface area contributed by atoms with Gasteiger partial charge in [0.1, 0.15) is 18.1 Å². The smallest absolute Gasteiger partial charge is 0.205 e. The van der Waals surface area contributed by atoms with E-state index < -0.39 is 6.10 Å². The van der Waals surface area contributed by atoms with E-state index in [1.165, 1.54) is 0 Å². The van der Waals surface area contributed by atoms with E-state index in [-0.39, 0.29) is 0 Å². The number of hydrogen-bond acceptors (Lipinski definition) is 8. The number of rotatable bonds is 11. The van der Waals surface area contributed by atoms with Gasteiger partial charge in [0.25, 0.3) is 0 Å². The van der Waals surface area contributed by atoms with Crippen LogP contribution < -0.4 is 18.9 Å². The van der Waals surface area contributed by atoms with Gasteiger partial charge in [0.05, 0.1) is 57.9 Å². The van der Waals surface area contributed by atoms with Gasteiger partial charge in [0.2, 0.25) is 5.75 Å². The molecule has 1 saturated heterocycles. The molecule has 1 aliphatic rings. The van der Waals surface area contributed by atoms with Crippen LogP contribution in [0.1, 0.15) is 23.7 Å². The molecule has 2 heterocycles. The number of fused-ring (bicyclic) bond motifs is 1. The van der Waals surface area contributed by atoms with Crippen molar-refractivity contribution in [1.29, 1.82) is 0 Å². The van der Waals surface area contributed by atoms with E-state index in [4.69, 9.17) is 28.1 Å². The van der Waals surface area contributed by atoms with Crippen LogP contribution in [0.15, 0.2) is 41.0 Å². The fourth-order valence-corrected chi connectivity index (χ4v) is 4.33. The van der Waals surface area contributed by atoms with Gasteiger partial charge in [0.15, 0.2) is 11.3 Å². The van der Waals surface area contributed by atoms with Crippen LogP contribution in [0.5, 0.6) is 23.0 Å². The molecular weight excluding hydrogens is 438 g/mol. The number of furan rings is 1. The Morgan fingerprint density at radius 3 is 2.35 bits per heavy atom. The molecule has 1 aromatic heterocycles. The lowest BCUT2D eigenvalue weighted by Gasteiger charge is -2.27. The minimum Gasteiger partial charge on any atom is -0.497 e. The van der Waals surface area contributed by atoms with Gasteiger partial charge in [-0.15, -0.1) is 0 Å². The largest absolute Gasteiger partial charge is 0.497 e. The molecule has 1 N–H and O–H groups in total. The van der Waals surface area contributed by atoms with E-state index in [0.717, 1.165) is 49.5 Å². The number of aryl methyl sites for hydroxylation is 1. The number of ether oxygens (including phenoxy) is 5. The second-order valence-electron chi connectivity index (χ2n) is 8.18. The number of methoxy groups -OCH3 is 3. The van der Waals surface area contributed by atoms with Gasteiger partial charge in [-0.2, -0.15) is 0 Å².